The summed E-state index contributed by atoms with van der Waals surface area (Å²) in [6.45, 7) is 3.08. The smallest absolute Gasteiger partial charge is 0.240 e. The molecule has 3 saturated carbocycles. The molecule has 3 fully saturated rings. The summed E-state index contributed by atoms with van der Waals surface area (Å²) in [5.74, 6) is 3.26. The molecule has 0 aliphatic heterocycles. The Hall–Kier alpha value is -0.570. The minimum atomic E-state index is -0.588. The maximum atomic E-state index is 12.4. The molecule has 3 aliphatic rings. The predicted octanol–water partition coefficient (Wildman–Crippen LogP) is 2.45. The lowest BCUT2D eigenvalue weighted by Crippen LogP contribution is -2.56. The fourth-order valence-corrected chi connectivity index (χ4v) is 4.82. The van der Waals surface area contributed by atoms with Gasteiger partial charge in [0.25, 0.3) is 0 Å². The van der Waals surface area contributed by atoms with Crippen LogP contribution in [0, 0.1) is 23.7 Å². The van der Waals surface area contributed by atoms with E-state index in [1.165, 1.54) is 32.1 Å². The van der Waals surface area contributed by atoms with Gasteiger partial charge in [0.05, 0.1) is 5.54 Å². The van der Waals surface area contributed by atoms with Gasteiger partial charge in [-0.05, 0) is 55.8 Å². The topological polar surface area (TPSA) is 55.1 Å². The summed E-state index contributed by atoms with van der Waals surface area (Å²) in [6, 6.07) is 0. The standard InChI is InChI=1S/C16H28N2O/c1-11-3-2-6-16(17,9-11)15(19)18-10-14-8-12-4-5-13(14)7-12/h11-14H,2-10,17H2,1H3,(H,18,19). The van der Waals surface area contributed by atoms with E-state index in [9.17, 15) is 4.79 Å². The van der Waals surface area contributed by atoms with Crippen molar-refractivity contribution in [2.45, 2.75) is 63.8 Å². The summed E-state index contributed by atoms with van der Waals surface area (Å²) in [7, 11) is 0. The van der Waals surface area contributed by atoms with Crippen LogP contribution >= 0.6 is 0 Å². The first-order chi connectivity index (χ1) is 9.07. The van der Waals surface area contributed by atoms with Crippen molar-refractivity contribution in [1.82, 2.24) is 5.32 Å². The lowest BCUT2D eigenvalue weighted by molar-refractivity contribution is -0.128. The van der Waals surface area contributed by atoms with Crippen LogP contribution < -0.4 is 11.1 Å². The number of rotatable bonds is 3. The number of fused-ring (bicyclic) bond motifs is 2. The second-order valence-electron chi connectivity index (χ2n) is 7.50. The molecule has 3 heteroatoms. The highest BCUT2D eigenvalue weighted by atomic mass is 16.2. The van der Waals surface area contributed by atoms with Crippen LogP contribution in [0.15, 0.2) is 0 Å². The highest BCUT2D eigenvalue weighted by Crippen LogP contribution is 2.48. The van der Waals surface area contributed by atoms with Gasteiger partial charge in [-0.15, -0.1) is 0 Å². The zero-order valence-electron chi connectivity index (χ0n) is 12.2. The molecule has 108 valence electrons. The molecular weight excluding hydrogens is 236 g/mol. The van der Waals surface area contributed by atoms with Crippen LogP contribution in [0.3, 0.4) is 0 Å². The van der Waals surface area contributed by atoms with Crippen molar-refractivity contribution >= 4 is 5.91 Å². The van der Waals surface area contributed by atoms with Gasteiger partial charge in [0.2, 0.25) is 5.91 Å². The summed E-state index contributed by atoms with van der Waals surface area (Å²) in [5.41, 5.74) is 5.75. The fraction of sp³-hybridized carbons (Fsp3) is 0.938. The molecule has 5 unspecified atom stereocenters. The van der Waals surface area contributed by atoms with Crippen molar-refractivity contribution in [3.8, 4) is 0 Å². The largest absolute Gasteiger partial charge is 0.354 e. The number of carbonyl (C=O) groups is 1. The van der Waals surface area contributed by atoms with Crippen LogP contribution in [0.25, 0.3) is 0 Å². The summed E-state index contributed by atoms with van der Waals surface area (Å²) < 4.78 is 0. The normalized spacial score (nSPS) is 45.4. The van der Waals surface area contributed by atoms with Gasteiger partial charge in [0, 0.05) is 6.54 Å². The van der Waals surface area contributed by atoms with Crippen molar-refractivity contribution in [2.24, 2.45) is 29.4 Å². The molecule has 2 bridgehead atoms. The molecule has 5 atom stereocenters. The molecule has 19 heavy (non-hydrogen) atoms. The number of amides is 1. The van der Waals surface area contributed by atoms with E-state index in [0.29, 0.717) is 5.92 Å². The van der Waals surface area contributed by atoms with Crippen LogP contribution in [-0.2, 0) is 4.79 Å². The molecule has 0 aromatic rings. The molecule has 0 aromatic carbocycles. The van der Waals surface area contributed by atoms with E-state index in [1.807, 2.05) is 0 Å². The third-order valence-corrected chi connectivity index (χ3v) is 5.89. The Morgan fingerprint density at radius 1 is 1.32 bits per heavy atom. The minimum absolute atomic E-state index is 0.113. The summed E-state index contributed by atoms with van der Waals surface area (Å²) in [5, 5.41) is 3.18. The Balaban J connectivity index is 1.51. The molecule has 3 N–H and O–H groups in total. The van der Waals surface area contributed by atoms with Crippen LogP contribution in [0.2, 0.25) is 0 Å². The van der Waals surface area contributed by atoms with E-state index in [-0.39, 0.29) is 5.91 Å². The Morgan fingerprint density at radius 2 is 2.16 bits per heavy atom. The molecule has 0 radical (unpaired) electrons. The molecule has 0 spiro atoms. The van der Waals surface area contributed by atoms with E-state index in [2.05, 4.69) is 12.2 Å². The van der Waals surface area contributed by atoms with Crippen molar-refractivity contribution < 1.29 is 4.79 Å². The molecule has 0 saturated heterocycles. The number of nitrogens with two attached hydrogens (primary N) is 1. The lowest BCUT2D eigenvalue weighted by atomic mass is 9.76. The number of hydrogen-bond acceptors (Lipinski definition) is 2. The Labute approximate surface area is 116 Å². The number of carbonyl (C=O) groups excluding carboxylic acids is 1. The quantitative estimate of drug-likeness (QED) is 0.822. The first-order valence-electron chi connectivity index (χ1n) is 8.14. The van der Waals surface area contributed by atoms with Crippen molar-refractivity contribution in [3.05, 3.63) is 0 Å². The van der Waals surface area contributed by atoms with Gasteiger partial charge < -0.3 is 11.1 Å². The zero-order valence-corrected chi connectivity index (χ0v) is 12.2. The second-order valence-corrected chi connectivity index (χ2v) is 7.50. The summed E-state index contributed by atoms with van der Waals surface area (Å²) in [4.78, 5) is 12.4. The fourth-order valence-electron chi connectivity index (χ4n) is 4.82. The first kappa shape index (κ1) is 13.4. The molecule has 3 nitrogen and oxygen atoms in total. The van der Waals surface area contributed by atoms with Crippen LogP contribution in [0.1, 0.15) is 58.3 Å². The average molecular weight is 264 g/mol. The number of hydrogen-bond donors (Lipinski definition) is 2. The monoisotopic (exact) mass is 264 g/mol. The third-order valence-electron chi connectivity index (χ3n) is 5.89. The molecule has 0 aromatic heterocycles. The van der Waals surface area contributed by atoms with Crippen LogP contribution in [0.5, 0.6) is 0 Å². The van der Waals surface area contributed by atoms with Gasteiger partial charge in [-0.1, -0.05) is 26.2 Å². The highest BCUT2D eigenvalue weighted by molar-refractivity contribution is 5.86. The average Bonchev–Trinajstić information content (AvgIpc) is 2.97. The molecule has 1 amide bonds. The van der Waals surface area contributed by atoms with E-state index >= 15 is 0 Å². The Bertz CT molecular complexity index is 357. The minimum Gasteiger partial charge on any atom is -0.354 e. The Kier molecular flexibility index (Phi) is 3.59. The van der Waals surface area contributed by atoms with E-state index < -0.39 is 5.54 Å². The highest BCUT2D eigenvalue weighted by Gasteiger charge is 2.41. The zero-order chi connectivity index (χ0) is 13.5. The van der Waals surface area contributed by atoms with Crippen molar-refractivity contribution in [2.75, 3.05) is 6.54 Å². The SMILES string of the molecule is CC1CCCC(N)(C(=O)NCC2CC3CCC2C3)C1. The molecule has 3 rings (SSSR count). The first-order valence-corrected chi connectivity index (χ1v) is 8.14. The van der Waals surface area contributed by atoms with Gasteiger partial charge >= 0.3 is 0 Å². The molecule has 0 heterocycles. The van der Waals surface area contributed by atoms with E-state index in [4.69, 9.17) is 5.73 Å². The molecular formula is C16H28N2O. The van der Waals surface area contributed by atoms with E-state index in [0.717, 1.165) is 43.6 Å². The van der Waals surface area contributed by atoms with Crippen molar-refractivity contribution in [3.63, 3.8) is 0 Å². The van der Waals surface area contributed by atoms with E-state index in [1.54, 1.807) is 0 Å². The van der Waals surface area contributed by atoms with Crippen LogP contribution in [0.4, 0.5) is 0 Å². The van der Waals surface area contributed by atoms with Gasteiger partial charge in [-0.3, -0.25) is 4.79 Å². The summed E-state index contributed by atoms with van der Waals surface area (Å²) >= 11 is 0. The maximum absolute atomic E-state index is 12.4. The number of nitrogens with one attached hydrogen (secondary N) is 1. The van der Waals surface area contributed by atoms with Gasteiger partial charge in [-0.25, -0.2) is 0 Å². The summed E-state index contributed by atoms with van der Waals surface area (Å²) in [6.07, 6.45) is 9.58. The van der Waals surface area contributed by atoms with Gasteiger partial charge in [0.15, 0.2) is 0 Å². The lowest BCUT2D eigenvalue weighted by Gasteiger charge is -2.36. The van der Waals surface area contributed by atoms with Crippen LogP contribution in [-0.4, -0.2) is 18.0 Å². The van der Waals surface area contributed by atoms with Gasteiger partial charge in [-0.2, -0.15) is 0 Å². The Morgan fingerprint density at radius 3 is 2.79 bits per heavy atom. The second kappa shape index (κ2) is 5.08. The van der Waals surface area contributed by atoms with Crippen molar-refractivity contribution in [1.29, 1.82) is 0 Å². The maximum Gasteiger partial charge on any atom is 0.240 e. The third kappa shape index (κ3) is 2.67. The van der Waals surface area contributed by atoms with Gasteiger partial charge in [0.1, 0.15) is 0 Å². The predicted molar refractivity (Wildman–Crippen MR) is 76.5 cm³/mol. The molecule has 3 aliphatic carbocycles.